The summed E-state index contributed by atoms with van der Waals surface area (Å²) in [5.41, 5.74) is 2.20. The van der Waals surface area contributed by atoms with Crippen LogP contribution in [-0.4, -0.2) is 15.7 Å². The fourth-order valence-corrected chi connectivity index (χ4v) is 3.65. The molecule has 32 heavy (non-hydrogen) atoms. The van der Waals surface area contributed by atoms with Crippen LogP contribution in [0, 0.1) is 5.82 Å². The summed E-state index contributed by atoms with van der Waals surface area (Å²) >= 11 is 9.54. The van der Waals surface area contributed by atoms with Crippen molar-refractivity contribution in [3.63, 3.8) is 0 Å². The van der Waals surface area contributed by atoms with Crippen molar-refractivity contribution in [3.05, 3.63) is 111 Å². The van der Waals surface area contributed by atoms with E-state index in [4.69, 9.17) is 16.3 Å². The molecule has 0 aliphatic carbocycles. The number of hydrogen-bond donors (Lipinski definition) is 1. The molecular weight excluding hydrogens is 497 g/mol. The zero-order valence-corrected chi connectivity index (χ0v) is 19.1. The maximum Gasteiger partial charge on any atom is 0.256 e. The number of para-hydroxylation sites is 1. The number of anilines is 1. The molecule has 4 rings (SSSR count). The fraction of sp³-hybridized carbons (Fsp3) is 0.0833. The quantitative estimate of drug-likeness (QED) is 0.314. The lowest BCUT2D eigenvalue weighted by atomic mass is 10.1. The Labute approximate surface area is 197 Å². The van der Waals surface area contributed by atoms with Gasteiger partial charge in [-0.2, -0.15) is 5.10 Å². The number of nitrogens with zero attached hydrogens (tertiary/aromatic N) is 2. The molecule has 5 nitrogen and oxygen atoms in total. The predicted molar refractivity (Wildman–Crippen MR) is 126 cm³/mol. The first-order chi connectivity index (χ1) is 15.5. The maximum absolute atomic E-state index is 13.1. The van der Waals surface area contributed by atoms with Crippen molar-refractivity contribution in [1.29, 1.82) is 0 Å². The summed E-state index contributed by atoms with van der Waals surface area (Å²) in [6.07, 6.45) is 1.76. The van der Waals surface area contributed by atoms with E-state index in [1.807, 2.05) is 18.2 Å². The minimum Gasteiger partial charge on any atom is -0.487 e. The van der Waals surface area contributed by atoms with Gasteiger partial charge < -0.3 is 10.1 Å². The maximum atomic E-state index is 13.1. The van der Waals surface area contributed by atoms with Crippen LogP contribution in [0.2, 0.25) is 5.02 Å². The molecule has 0 radical (unpaired) electrons. The smallest absolute Gasteiger partial charge is 0.256 e. The van der Waals surface area contributed by atoms with Gasteiger partial charge in [-0.1, -0.05) is 48.0 Å². The minimum atomic E-state index is -0.294. The molecule has 0 unspecified atom stereocenters. The molecule has 3 aromatic carbocycles. The van der Waals surface area contributed by atoms with E-state index in [-0.39, 0.29) is 18.3 Å². The Bertz CT molecular complexity index is 1240. The first-order valence-corrected chi connectivity index (χ1v) is 10.9. The monoisotopic (exact) mass is 513 g/mol. The average Bonchev–Trinajstić information content (AvgIpc) is 3.13. The second-order valence-corrected chi connectivity index (χ2v) is 8.28. The molecule has 1 amide bonds. The Morgan fingerprint density at radius 3 is 2.62 bits per heavy atom. The van der Waals surface area contributed by atoms with Crippen molar-refractivity contribution >= 4 is 39.3 Å². The second kappa shape index (κ2) is 9.97. The van der Waals surface area contributed by atoms with Crippen LogP contribution in [0.1, 0.15) is 21.5 Å². The number of amides is 1. The molecule has 4 aromatic rings. The molecule has 1 aromatic heterocycles. The van der Waals surface area contributed by atoms with E-state index in [1.54, 1.807) is 53.3 Å². The highest BCUT2D eigenvalue weighted by Crippen LogP contribution is 2.25. The zero-order valence-electron chi connectivity index (χ0n) is 16.8. The van der Waals surface area contributed by atoms with Crippen molar-refractivity contribution in [2.75, 3.05) is 5.32 Å². The summed E-state index contributed by atoms with van der Waals surface area (Å²) in [6.45, 7) is 0.727. The van der Waals surface area contributed by atoms with E-state index >= 15 is 0 Å². The van der Waals surface area contributed by atoms with Gasteiger partial charge >= 0.3 is 0 Å². The Kier molecular flexibility index (Phi) is 6.87. The first-order valence-electron chi connectivity index (χ1n) is 9.73. The van der Waals surface area contributed by atoms with Crippen molar-refractivity contribution in [2.24, 2.45) is 0 Å². The second-order valence-electron chi connectivity index (χ2n) is 7.02. The lowest BCUT2D eigenvalue weighted by Crippen LogP contribution is -2.13. The molecule has 0 aliphatic rings. The standard InChI is InChI=1S/C24H18BrClFN3O2/c25-20-14-30(13-16-8-10-19(27)11-9-16)29-23(20)28-24(31)18-5-3-4-17(12-18)15-32-22-7-2-1-6-21(22)26/h1-12,14H,13,15H2,(H,28,29,31). The molecule has 8 heteroatoms. The van der Waals surface area contributed by atoms with Gasteiger partial charge in [-0.3, -0.25) is 9.48 Å². The molecule has 1 heterocycles. The van der Waals surface area contributed by atoms with Crippen LogP contribution < -0.4 is 10.1 Å². The molecule has 0 atom stereocenters. The fourth-order valence-electron chi connectivity index (χ4n) is 3.04. The molecule has 0 bridgehead atoms. The molecule has 1 N–H and O–H groups in total. The van der Waals surface area contributed by atoms with Crippen molar-refractivity contribution in [3.8, 4) is 5.75 Å². The molecular formula is C24H18BrClFN3O2. The number of carbonyl (C=O) groups is 1. The number of ether oxygens (including phenoxy) is 1. The number of rotatable bonds is 7. The topological polar surface area (TPSA) is 56.2 Å². The van der Waals surface area contributed by atoms with Crippen molar-refractivity contribution in [1.82, 2.24) is 9.78 Å². The third-order valence-corrected chi connectivity index (χ3v) is 5.52. The average molecular weight is 515 g/mol. The SMILES string of the molecule is O=C(Nc1nn(Cc2ccc(F)cc2)cc1Br)c1cccc(COc2ccccc2Cl)c1. The number of benzene rings is 3. The molecule has 0 aliphatic heterocycles. The van der Waals surface area contributed by atoms with Gasteiger partial charge in [-0.15, -0.1) is 0 Å². The number of carbonyl (C=O) groups excluding carboxylic acids is 1. The van der Waals surface area contributed by atoms with Crippen LogP contribution in [0.5, 0.6) is 5.75 Å². The third kappa shape index (κ3) is 5.55. The summed E-state index contributed by atoms with van der Waals surface area (Å²) in [4.78, 5) is 12.8. The minimum absolute atomic E-state index is 0.279. The van der Waals surface area contributed by atoms with Gasteiger partial charge in [0.05, 0.1) is 16.0 Å². The number of aromatic nitrogens is 2. The van der Waals surface area contributed by atoms with Gasteiger partial charge in [0.1, 0.15) is 18.2 Å². The van der Waals surface area contributed by atoms with Gasteiger partial charge in [0, 0.05) is 11.8 Å². The highest BCUT2D eigenvalue weighted by atomic mass is 79.9. The van der Waals surface area contributed by atoms with E-state index < -0.39 is 0 Å². The van der Waals surface area contributed by atoms with Crippen LogP contribution in [0.15, 0.2) is 83.5 Å². The van der Waals surface area contributed by atoms with Gasteiger partial charge in [0.25, 0.3) is 5.91 Å². The summed E-state index contributed by atoms with van der Waals surface area (Å²) in [7, 11) is 0. The molecule has 0 fully saturated rings. The van der Waals surface area contributed by atoms with Crippen molar-refractivity contribution in [2.45, 2.75) is 13.2 Å². The summed E-state index contributed by atoms with van der Waals surface area (Å²) in [5, 5.41) is 7.75. The number of nitrogens with one attached hydrogen (secondary N) is 1. The van der Waals surface area contributed by atoms with E-state index in [0.29, 0.717) is 33.2 Å². The summed E-state index contributed by atoms with van der Waals surface area (Å²) < 4.78 is 21.2. The third-order valence-electron chi connectivity index (χ3n) is 4.63. The lowest BCUT2D eigenvalue weighted by molar-refractivity contribution is 0.102. The van der Waals surface area contributed by atoms with Gasteiger partial charge in [0.15, 0.2) is 5.82 Å². The highest BCUT2D eigenvalue weighted by molar-refractivity contribution is 9.10. The van der Waals surface area contributed by atoms with E-state index in [1.165, 1.54) is 12.1 Å². The van der Waals surface area contributed by atoms with Crippen LogP contribution in [0.25, 0.3) is 0 Å². The zero-order chi connectivity index (χ0) is 22.5. The largest absolute Gasteiger partial charge is 0.487 e. The van der Waals surface area contributed by atoms with E-state index in [0.717, 1.165) is 11.1 Å². The summed E-state index contributed by atoms with van der Waals surface area (Å²) in [6, 6.07) is 20.6. The number of hydrogen-bond acceptors (Lipinski definition) is 3. The molecule has 0 saturated heterocycles. The first kappa shape index (κ1) is 22.0. The molecule has 162 valence electrons. The van der Waals surface area contributed by atoms with Crippen LogP contribution in [0.4, 0.5) is 10.2 Å². The number of halogens is 3. The molecule has 0 spiro atoms. The molecule has 0 saturated carbocycles. The Balaban J connectivity index is 1.41. The van der Waals surface area contributed by atoms with E-state index in [2.05, 4.69) is 26.3 Å². The van der Waals surface area contributed by atoms with Gasteiger partial charge in [-0.05, 0) is 63.5 Å². The summed E-state index contributed by atoms with van der Waals surface area (Å²) in [5.74, 6) is 0.398. The van der Waals surface area contributed by atoms with Crippen LogP contribution in [-0.2, 0) is 13.2 Å². The highest BCUT2D eigenvalue weighted by Gasteiger charge is 2.13. The van der Waals surface area contributed by atoms with E-state index in [9.17, 15) is 9.18 Å². The van der Waals surface area contributed by atoms with Gasteiger partial charge in [0.2, 0.25) is 0 Å². The Hall–Kier alpha value is -3.16. The van der Waals surface area contributed by atoms with Crippen LogP contribution in [0.3, 0.4) is 0 Å². The van der Waals surface area contributed by atoms with Gasteiger partial charge in [-0.25, -0.2) is 4.39 Å². The Morgan fingerprint density at radius 2 is 1.84 bits per heavy atom. The Morgan fingerprint density at radius 1 is 1.06 bits per heavy atom. The lowest BCUT2D eigenvalue weighted by Gasteiger charge is -2.09. The van der Waals surface area contributed by atoms with Crippen molar-refractivity contribution < 1.29 is 13.9 Å². The normalized spacial score (nSPS) is 10.7. The predicted octanol–water partition coefficient (Wildman–Crippen LogP) is 6.32. The van der Waals surface area contributed by atoms with Crippen LogP contribution >= 0.6 is 27.5 Å².